The van der Waals surface area contributed by atoms with Crippen molar-refractivity contribution in [1.29, 1.82) is 0 Å². The third-order valence-electron chi connectivity index (χ3n) is 4.88. The average molecular weight is 365 g/mol. The molecule has 0 bridgehead atoms. The van der Waals surface area contributed by atoms with Crippen LogP contribution in [0.1, 0.15) is 31.2 Å². The molecule has 0 aromatic heterocycles. The first-order valence-electron chi connectivity index (χ1n) is 8.51. The maximum atomic E-state index is 12.2. The second-order valence-corrected chi connectivity index (χ2v) is 8.99. The predicted octanol–water partition coefficient (Wildman–Crippen LogP) is 1.34. The van der Waals surface area contributed by atoms with Crippen molar-refractivity contribution < 1.29 is 18.0 Å². The fourth-order valence-corrected chi connectivity index (χ4v) is 5.83. The number of unbranched alkanes of at least 4 members (excludes halogenated alkanes) is 1. The van der Waals surface area contributed by atoms with Crippen LogP contribution in [0.4, 0.5) is 10.5 Å². The summed E-state index contributed by atoms with van der Waals surface area (Å²) in [5, 5.41) is 7.67. The van der Waals surface area contributed by atoms with Crippen LogP contribution in [0.5, 0.6) is 0 Å². The van der Waals surface area contributed by atoms with Gasteiger partial charge in [0, 0.05) is 12.1 Å². The number of sulfone groups is 1. The molecule has 3 atom stereocenters. The molecule has 3 amide bonds. The average Bonchev–Trinajstić information content (AvgIpc) is 2.98. The molecular weight excluding hydrogens is 342 g/mol. The van der Waals surface area contributed by atoms with E-state index in [4.69, 9.17) is 0 Å². The maximum Gasteiger partial charge on any atom is 0.315 e. The summed E-state index contributed by atoms with van der Waals surface area (Å²) in [5.74, 6) is -0.0771. The SMILES string of the molecule is Cc1ccccc1NC(=O)CCCCC1C2NC(=O)NC2CS1(=O)=O. The van der Waals surface area contributed by atoms with Gasteiger partial charge in [0.2, 0.25) is 5.91 Å². The van der Waals surface area contributed by atoms with Crippen molar-refractivity contribution in [3.05, 3.63) is 29.8 Å². The van der Waals surface area contributed by atoms with Gasteiger partial charge in [0.05, 0.1) is 23.1 Å². The number of rotatable bonds is 6. The molecule has 7 nitrogen and oxygen atoms in total. The minimum absolute atomic E-state index is 0.00512. The van der Waals surface area contributed by atoms with Crippen molar-refractivity contribution in [2.45, 2.75) is 49.9 Å². The second-order valence-electron chi connectivity index (χ2n) is 6.73. The lowest BCUT2D eigenvalue weighted by Crippen LogP contribution is -2.39. The van der Waals surface area contributed by atoms with Crippen LogP contribution in [0.15, 0.2) is 24.3 Å². The molecule has 2 aliphatic heterocycles. The van der Waals surface area contributed by atoms with E-state index in [0.29, 0.717) is 25.7 Å². The van der Waals surface area contributed by atoms with Gasteiger partial charge in [-0.1, -0.05) is 24.6 Å². The van der Waals surface area contributed by atoms with E-state index in [1.165, 1.54) is 0 Å². The van der Waals surface area contributed by atoms with Gasteiger partial charge in [0.25, 0.3) is 0 Å². The first-order chi connectivity index (χ1) is 11.9. The molecule has 0 spiro atoms. The first kappa shape index (κ1) is 17.7. The minimum atomic E-state index is -3.20. The Hall–Kier alpha value is -2.09. The van der Waals surface area contributed by atoms with Crippen LogP contribution in [0, 0.1) is 6.92 Å². The highest BCUT2D eigenvalue weighted by molar-refractivity contribution is 7.92. The quantitative estimate of drug-likeness (QED) is 0.523. The molecule has 3 unspecified atom stereocenters. The third-order valence-corrected chi connectivity index (χ3v) is 7.16. The predicted molar refractivity (Wildman–Crippen MR) is 95.1 cm³/mol. The molecule has 2 aliphatic rings. The number of benzene rings is 1. The Labute approximate surface area is 147 Å². The summed E-state index contributed by atoms with van der Waals surface area (Å²) in [6, 6.07) is 6.60. The summed E-state index contributed by atoms with van der Waals surface area (Å²) in [6.07, 6.45) is 2.05. The highest BCUT2D eigenvalue weighted by atomic mass is 32.2. The van der Waals surface area contributed by atoms with E-state index in [1.54, 1.807) is 0 Å². The Morgan fingerprint density at radius 3 is 2.76 bits per heavy atom. The number of anilines is 1. The van der Waals surface area contributed by atoms with E-state index >= 15 is 0 Å². The van der Waals surface area contributed by atoms with E-state index < -0.39 is 15.1 Å². The zero-order chi connectivity index (χ0) is 18.0. The summed E-state index contributed by atoms with van der Waals surface area (Å²) in [5.41, 5.74) is 1.80. The lowest BCUT2D eigenvalue weighted by molar-refractivity contribution is -0.116. The Morgan fingerprint density at radius 1 is 1.24 bits per heavy atom. The van der Waals surface area contributed by atoms with Crippen molar-refractivity contribution in [3.8, 4) is 0 Å². The highest BCUT2D eigenvalue weighted by Gasteiger charge is 2.51. The molecule has 1 aromatic rings. The van der Waals surface area contributed by atoms with Crippen LogP contribution >= 0.6 is 0 Å². The van der Waals surface area contributed by atoms with Gasteiger partial charge in [-0.3, -0.25) is 4.79 Å². The standard InChI is InChI=1S/C17H23N3O4S/c1-11-6-2-3-7-12(11)18-15(21)9-5-4-8-14-16-13(10-25(14,23)24)19-17(22)20-16/h2-3,6-7,13-14,16H,4-5,8-10H2,1H3,(H,18,21)(H2,19,20,22). The van der Waals surface area contributed by atoms with Gasteiger partial charge in [-0.15, -0.1) is 0 Å². The molecule has 2 fully saturated rings. The van der Waals surface area contributed by atoms with E-state index in [0.717, 1.165) is 11.3 Å². The lowest BCUT2D eigenvalue weighted by Gasteiger charge is -2.16. The van der Waals surface area contributed by atoms with E-state index in [2.05, 4.69) is 16.0 Å². The fraction of sp³-hybridized carbons (Fsp3) is 0.529. The van der Waals surface area contributed by atoms with Gasteiger partial charge in [-0.05, 0) is 31.4 Å². The lowest BCUT2D eigenvalue weighted by atomic mass is 10.0. The summed E-state index contributed by atoms with van der Waals surface area (Å²) >= 11 is 0. The smallest absolute Gasteiger partial charge is 0.315 e. The molecule has 3 rings (SSSR count). The first-order valence-corrected chi connectivity index (χ1v) is 10.2. The summed E-state index contributed by atoms with van der Waals surface area (Å²) in [6.45, 7) is 1.93. The number of carbonyl (C=O) groups excluding carboxylic acids is 2. The Balaban J connectivity index is 1.46. The number of amides is 3. The van der Waals surface area contributed by atoms with Crippen molar-refractivity contribution >= 4 is 27.5 Å². The number of carbonyl (C=O) groups is 2. The van der Waals surface area contributed by atoms with Gasteiger partial charge in [-0.25, -0.2) is 13.2 Å². The Bertz CT molecular complexity index is 778. The van der Waals surface area contributed by atoms with Crippen molar-refractivity contribution in [2.24, 2.45) is 0 Å². The maximum absolute atomic E-state index is 12.2. The van der Waals surface area contributed by atoms with Crippen LogP contribution in [0.3, 0.4) is 0 Å². The number of para-hydroxylation sites is 1. The van der Waals surface area contributed by atoms with Gasteiger partial charge < -0.3 is 16.0 Å². The monoisotopic (exact) mass is 365 g/mol. The van der Waals surface area contributed by atoms with Crippen LogP contribution in [0.25, 0.3) is 0 Å². The van der Waals surface area contributed by atoms with E-state index in [-0.39, 0.29) is 29.8 Å². The zero-order valence-electron chi connectivity index (χ0n) is 14.1. The number of hydrogen-bond donors (Lipinski definition) is 3. The van der Waals surface area contributed by atoms with E-state index in [1.807, 2.05) is 31.2 Å². The van der Waals surface area contributed by atoms with E-state index in [9.17, 15) is 18.0 Å². The highest BCUT2D eigenvalue weighted by Crippen LogP contribution is 2.28. The zero-order valence-corrected chi connectivity index (χ0v) is 14.9. The van der Waals surface area contributed by atoms with Gasteiger partial charge in [0.15, 0.2) is 9.84 Å². The van der Waals surface area contributed by atoms with Gasteiger partial charge >= 0.3 is 6.03 Å². The Morgan fingerprint density at radius 2 is 2.00 bits per heavy atom. The van der Waals surface area contributed by atoms with Crippen molar-refractivity contribution in [1.82, 2.24) is 10.6 Å². The van der Waals surface area contributed by atoms with Crippen LogP contribution in [-0.2, 0) is 14.6 Å². The largest absolute Gasteiger partial charge is 0.332 e. The molecule has 25 heavy (non-hydrogen) atoms. The van der Waals surface area contributed by atoms with Crippen molar-refractivity contribution in [3.63, 3.8) is 0 Å². The summed E-state index contributed by atoms with van der Waals surface area (Å²) in [7, 11) is -3.20. The summed E-state index contributed by atoms with van der Waals surface area (Å²) < 4.78 is 24.4. The molecule has 2 saturated heterocycles. The Kier molecular flexibility index (Phi) is 4.99. The van der Waals surface area contributed by atoms with Gasteiger partial charge in [-0.2, -0.15) is 0 Å². The minimum Gasteiger partial charge on any atom is -0.332 e. The van der Waals surface area contributed by atoms with Crippen LogP contribution in [0.2, 0.25) is 0 Å². The third kappa shape index (κ3) is 3.95. The molecule has 1 aromatic carbocycles. The molecule has 2 heterocycles. The van der Waals surface area contributed by atoms with Crippen LogP contribution in [-0.4, -0.2) is 43.4 Å². The molecule has 0 radical (unpaired) electrons. The number of nitrogens with one attached hydrogen (secondary N) is 3. The number of fused-ring (bicyclic) bond motifs is 1. The topological polar surface area (TPSA) is 104 Å². The normalized spacial score (nSPS) is 26.6. The van der Waals surface area contributed by atoms with Crippen LogP contribution < -0.4 is 16.0 Å². The number of urea groups is 1. The molecule has 8 heteroatoms. The molecule has 3 N–H and O–H groups in total. The van der Waals surface area contributed by atoms with Gasteiger partial charge in [0.1, 0.15) is 0 Å². The molecular formula is C17H23N3O4S. The summed E-state index contributed by atoms with van der Waals surface area (Å²) in [4.78, 5) is 23.4. The molecule has 136 valence electrons. The molecule has 0 aliphatic carbocycles. The number of hydrogen-bond acceptors (Lipinski definition) is 4. The fourth-order valence-electron chi connectivity index (χ4n) is 3.56. The second kappa shape index (κ2) is 7.03. The molecule has 0 saturated carbocycles. The number of aryl methyl sites for hydroxylation is 1. The van der Waals surface area contributed by atoms with Crippen molar-refractivity contribution in [2.75, 3.05) is 11.1 Å².